The standard InChI is InChI=1S/C17H25N5O4/c1-20(2)13-8-15-14(21(3)17(24)22(15)4)7-12(13)19-16(23)18-9-11-10-25-5-6-26-11/h7-8,11H,5-6,9-10H2,1-4H3,(H2,18,19,23). The van der Waals surface area contributed by atoms with Crippen LogP contribution >= 0.6 is 0 Å². The summed E-state index contributed by atoms with van der Waals surface area (Å²) in [4.78, 5) is 26.4. The molecule has 9 nitrogen and oxygen atoms in total. The third-order valence-electron chi connectivity index (χ3n) is 4.49. The highest BCUT2D eigenvalue weighted by molar-refractivity contribution is 5.97. The van der Waals surface area contributed by atoms with Crippen LogP contribution in [-0.2, 0) is 23.6 Å². The Labute approximate surface area is 151 Å². The number of imidazole rings is 1. The van der Waals surface area contributed by atoms with Crippen molar-refractivity contribution in [3.05, 3.63) is 22.6 Å². The third kappa shape index (κ3) is 3.54. The van der Waals surface area contributed by atoms with E-state index in [4.69, 9.17) is 9.47 Å². The Balaban J connectivity index is 1.81. The Hall–Kier alpha value is -2.52. The van der Waals surface area contributed by atoms with Crippen LogP contribution in [0.4, 0.5) is 16.2 Å². The number of amides is 2. The van der Waals surface area contributed by atoms with Crippen molar-refractivity contribution in [2.45, 2.75) is 6.10 Å². The smallest absolute Gasteiger partial charge is 0.328 e. The van der Waals surface area contributed by atoms with E-state index in [1.807, 2.05) is 31.1 Å². The van der Waals surface area contributed by atoms with Crippen LogP contribution in [0.5, 0.6) is 0 Å². The number of benzene rings is 1. The Morgan fingerprint density at radius 2 is 1.92 bits per heavy atom. The van der Waals surface area contributed by atoms with Gasteiger partial charge in [-0.2, -0.15) is 0 Å². The molecule has 0 saturated carbocycles. The number of carbonyl (C=O) groups is 1. The zero-order valence-corrected chi connectivity index (χ0v) is 15.5. The molecule has 142 valence electrons. The van der Waals surface area contributed by atoms with Crippen LogP contribution in [0, 0.1) is 0 Å². The summed E-state index contributed by atoms with van der Waals surface area (Å²) < 4.78 is 14.0. The van der Waals surface area contributed by atoms with Crippen molar-refractivity contribution in [1.29, 1.82) is 0 Å². The molecule has 26 heavy (non-hydrogen) atoms. The first-order valence-electron chi connectivity index (χ1n) is 8.49. The van der Waals surface area contributed by atoms with Gasteiger partial charge in [-0.3, -0.25) is 9.13 Å². The summed E-state index contributed by atoms with van der Waals surface area (Å²) in [5.74, 6) is 0. The lowest BCUT2D eigenvalue weighted by atomic mass is 10.2. The number of hydrogen-bond acceptors (Lipinski definition) is 5. The van der Waals surface area contributed by atoms with Gasteiger partial charge in [0.2, 0.25) is 0 Å². The summed E-state index contributed by atoms with van der Waals surface area (Å²) >= 11 is 0. The fourth-order valence-corrected chi connectivity index (χ4v) is 3.03. The van der Waals surface area contributed by atoms with Crippen LogP contribution in [0.2, 0.25) is 0 Å². The predicted octanol–water partition coefficient (Wildman–Crippen LogP) is 0.480. The zero-order chi connectivity index (χ0) is 18.8. The second-order valence-corrected chi connectivity index (χ2v) is 6.56. The number of hydrogen-bond donors (Lipinski definition) is 2. The molecule has 2 aromatic rings. The largest absolute Gasteiger partial charge is 0.376 e. The van der Waals surface area contributed by atoms with Gasteiger partial charge in [0.05, 0.1) is 48.3 Å². The fourth-order valence-electron chi connectivity index (χ4n) is 3.03. The summed E-state index contributed by atoms with van der Waals surface area (Å²) in [5, 5.41) is 5.67. The molecule has 1 aromatic carbocycles. The molecule has 1 unspecified atom stereocenters. The quantitative estimate of drug-likeness (QED) is 0.825. The maximum Gasteiger partial charge on any atom is 0.328 e. The fraction of sp³-hybridized carbons (Fsp3) is 0.529. The Bertz CT molecular complexity index is 864. The van der Waals surface area contributed by atoms with Gasteiger partial charge in [0.1, 0.15) is 0 Å². The number of anilines is 2. The second-order valence-electron chi connectivity index (χ2n) is 6.56. The van der Waals surface area contributed by atoms with Crippen LogP contribution in [0.15, 0.2) is 16.9 Å². The van der Waals surface area contributed by atoms with Crippen LogP contribution < -0.4 is 21.2 Å². The van der Waals surface area contributed by atoms with Crippen molar-refractivity contribution >= 4 is 28.4 Å². The van der Waals surface area contributed by atoms with E-state index in [-0.39, 0.29) is 17.8 Å². The zero-order valence-electron chi connectivity index (χ0n) is 15.5. The summed E-state index contributed by atoms with van der Waals surface area (Å²) in [5.41, 5.74) is 2.89. The van der Waals surface area contributed by atoms with Gasteiger partial charge in [-0.05, 0) is 12.1 Å². The molecule has 1 aromatic heterocycles. The second kappa shape index (κ2) is 7.38. The summed E-state index contributed by atoms with van der Waals surface area (Å²) in [7, 11) is 7.22. The lowest BCUT2D eigenvalue weighted by molar-refractivity contribution is -0.0852. The van der Waals surface area contributed by atoms with Gasteiger partial charge in [0.25, 0.3) is 0 Å². The number of nitrogens with one attached hydrogen (secondary N) is 2. The first-order chi connectivity index (χ1) is 12.4. The molecular weight excluding hydrogens is 338 g/mol. The number of fused-ring (bicyclic) bond motifs is 1. The molecule has 0 bridgehead atoms. The SMILES string of the molecule is CN(C)c1cc2c(cc1NC(=O)NCC1COCCO1)n(C)c(=O)n2C. The number of carbonyl (C=O) groups excluding carboxylic acids is 1. The molecule has 1 fully saturated rings. The summed E-state index contributed by atoms with van der Waals surface area (Å²) in [6.07, 6.45) is -0.139. The highest BCUT2D eigenvalue weighted by Gasteiger charge is 2.17. The number of rotatable bonds is 4. The number of nitrogens with zero attached hydrogens (tertiary/aromatic N) is 3. The molecule has 1 aliphatic rings. The van der Waals surface area contributed by atoms with Crippen molar-refractivity contribution in [1.82, 2.24) is 14.5 Å². The Kier molecular flexibility index (Phi) is 5.19. The Morgan fingerprint density at radius 3 is 2.54 bits per heavy atom. The highest BCUT2D eigenvalue weighted by atomic mass is 16.6. The van der Waals surface area contributed by atoms with Crippen LogP contribution in [-0.4, -0.2) is 61.7 Å². The summed E-state index contributed by atoms with van der Waals surface area (Å²) in [6, 6.07) is 3.37. The van der Waals surface area contributed by atoms with E-state index in [2.05, 4.69) is 10.6 Å². The molecule has 9 heteroatoms. The monoisotopic (exact) mass is 363 g/mol. The van der Waals surface area contributed by atoms with E-state index in [1.165, 1.54) is 0 Å². The van der Waals surface area contributed by atoms with Crippen molar-refractivity contribution in [2.75, 3.05) is 50.7 Å². The first-order valence-corrected chi connectivity index (χ1v) is 8.49. The van der Waals surface area contributed by atoms with Crippen LogP contribution in [0.25, 0.3) is 11.0 Å². The van der Waals surface area contributed by atoms with Crippen molar-refractivity contribution in [3.63, 3.8) is 0 Å². The van der Waals surface area contributed by atoms with Gasteiger partial charge in [-0.1, -0.05) is 0 Å². The number of urea groups is 1. The van der Waals surface area contributed by atoms with E-state index in [0.717, 1.165) is 16.7 Å². The van der Waals surface area contributed by atoms with Gasteiger partial charge in [0, 0.05) is 34.7 Å². The average Bonchev–Trinajstić information content (AvgIpc) is 2.84. The first kappa shape index (κ1) is 18.3. The van der Waals surface area contributed by atoms with Gasteiger partial charge in [-0.15, -0.1) is 0 Å². The molecule has 0 radical (unpaired) electrons. The molecule has 0 aliphatic carbocycles. The lowest BCUT2D eigenvalue weighted by Crippen LogP contribution is -2.41. The maximum atomic E-state index is 12.3. The Morgan fingerprint density at radius 1 is 1.23 bits per heavy atom. The maximum absolute atomic E-state index is 12.3. The molecule has 0 spiro atoms. The predicted molar refractivity (Wildman–Crippen MR) is 100 cm³/mol. The molecule has 1 atom stereocenters. The third-order valence-corrected chi connectivity index (χ3v) is 4.49. The minimum atomic E-state index is -0.331. The van der Waals surface area contributed by atoms with Crippen LogP contribution in [0.1, 0.15) is 0 Å². The van der Waals surface area contributed by atoms with E-state index in [1.54, 1.807) is 23.2 Å². The summed E-state index contributed by atoms with van der Waals surface area (Å²) in [6.45, 7) is 1.97. The molecule has 2 heterocycles. The topological polar surface area (TPSA) is 89.8 Å². The number of ether oxygens (including phenoxy) is 2. The highest BCUT2D eigenvalue weighted by Crippen LogP contribution is 2.29. The van der Waals surface area contributed by atoms with Gasteiger partial charge in [-0.25, -0.2) is 9.59 Å². The van der Waals surface area contributed by atoms with Gasteiger partial charge >= 0.3 is 11.7 Å². The molecule has 2 N–H and O–H groups in total. The van der Waals surface area contributed by atoms with Crippen molar-refractivity contribution in [2.24, 2.45) is 14.1 Å². The van der Waals surface area contributed by atoms with E-state index >= 15 is 0 Å². The van der Waals surface area contributed by atoms with Crippen LogP contribution in [0.3, 0.4) is 0 Å². The van der Waals surface area contributed by atoms with Crippen molar-refractivity contribution in [3.8, 4) is 0 Å². The molecule has 3 rings (SSSR count). The number of aromatic nitrogens is 2. The minimum Gasteiger partial charge on any atom is -0.376 e. The van der Waals surface area contributed by atoms with Gasteiger partial charge < -0.3 is 25.0 Å². The average molecular weight is 363 g/mol. The molecular formula is C17H25N5O4. The van der Waals surface area contributed by atoms with E-state index in [0.29, 0.717) is 32.1 Å². The van der Waals surface area contributed by atoms with E-state index in [9.17, 15) is 9.59 Å². The number of aryl methyl sites for hydroxylation is 2. The van der Waals surface area contributed by atoms with Gasteiger partial charge in [0.15, 0.2) is 0 Å². The molecule has 1 aliphatic heterocycles. The van der Waals surface area contributed by atoms with Crippen molar-refractivity contribution < 1.29 is 14.3 Å². The normalized spacial score (nSPS) is 17.3. The molecule has 1 saturated heterocycles. The lowest BCUT2D eigenvalue weighted by Gasteiger charge is -2.23. The minimum absolute atomic E-state index is 0.110. The van der Waals surface area contributed by atoms with E-state index < -0.39 is 0 Å². The molecule has 2 amide bonds.